The van der Waals surface area contributed by atoms with Gasteiger partial charge in [0, 0.05) is 36.2 Å². The SMILES string of the molecule is Cc1cccc2c1OC13Oc4c(cccc4Cc4cccc(c4)[N+]1=C2)C=[N+]3c1ccccc1. The lowest BCUT2D eigenvalue weighted by Gasteiger charge is -2.31. The van der Waals surface area contributed by atoms with E-state index in [2.05, 4.69) is 101 Å². The van der Waals surface area contributed by atoms with E-state index in [9.17, 15) is 0 Å². The Bertz CT molecular complexity index is 1500. The van der Waals surface area contributed by atoms with Crippen molar-refractivity contribution in [1.29, 1.82) is 0 Å². The summed E-state index contributed by atoms with van der Waals surface area (Å²) in [6.07, 6.45) is 5.09. The van der Waals surface area contributed by atoms with Gasteiger partial charge in [-0.1, -0.05) is 63.7 Å². The topological polar surface area (TPSA) is 24.5 Å². The van der Waals surface area contributed by atoms with E-state index in [4.69, 9.17) is 9.47 Å². The van der Waals surface area contributed by atoms with E-state index in [0.29, 0.717) is 0 Å². The Morgan fingerprint density at radius 1 is 0.667 bits per heavy atom. The minimum absolute atomic E-state index is 0.798. The fourth-order valence-electron chi connectivity index (χ4n) is 5.03. The molecule has 4 aromatic rings. The van der Waals surface area contributed by atoms with Gasteiger partial charge in [-0.15, -0.1) is 0 Å². The monoisotopic (exact) mass is 430 g/mol. The van der Waals surface area contributed by atoms with E-state index < -0.39 is 6.03 Å². The first-order chi connectivity index (χ1) is 16.2. The van der Waals surface area contributed by atoms with Crippen LogP contribution in [0.25, 0.3) is 0 Å². The molecule has 4 nitrogen and oxygen atoms in total. The number of fused-ring (bicyclic) bond motifs is 4. The number of hydrogen-bond acceptors (Lipinski definition) is 2. The molecule has 1 atom stereocenters. The van der Waals surface area contributed by atoms with E-state index in [1.54, 1.807) is 0 Å². The van der Waals surface area contributed by atoms with Crippen molar-refractivity contribution >= 4 is 23.8 Å². The zero-order chi connectivity index (χ0) is 22.0. The molecule has 4 bridgehead atoms. The van der Waals surface area contributed by atoms with Crippen molar-refractivity contribution in [1.82, 2.24) is 0 Å². The van der Waals surface area contributed by atoms with Crippen LogP contribution < -0.4 is 9.47 Å². The summed E-state index contributed by atoms with van der Waals surface area (Å²) in [4.78, 5) is 0. The molecule has 0 saturated heterocycles. The van der Waals surface area contributed by atoms with Crippen LogP contribution in [0, 0.1) is 6.92 Å². The molecule has 33 heavy (non-hydrogen) atoms. The summed E-state index contributed by atoms with van der Waals surface area (Å²) in [6.45, 7) is 2.08. The van der Waals surface area contributed by atoms with Crippen molar-refractivity contribution in [3.63, 3.8) is 0 Å². The average molecular weight is 431 g/mol. The molecule has 0 fully saturated rings. The minimum atomic E-state index is -1.24. The predicted octanol–water partition coefficient (Wildman–Crippen LogP) is 5.52. The lowest BCUT2D eigenvalue weighted by atomic mass is 10.0. The van der Waals surface area contributed by atoms with Crippen molar-refractivity contribution in [3.8, 4) is 11.5 Å². The third kappa shape index (κ3) is 2.64. The van der Waals surface area contributed by atoms with Crippen LogP contribution in [0.2, 0.25) is 0 Å². The van der Waals surface area contributed by atoms with E-state index in [1.165, 1.54) is 5.56 Å². The second-order valence-corrected chi connectivity index (χ2v) is 8.76. The first-order valence-corrected chi connectivity index (χ1v) is 11.2. The Hall–Kier alpha value is -4.18. The van der Waals surface area contributed by atoms with Gasteiger partial charge in [0.2, 0.25) is 11.4 Å². The zero-order valence-corrected chi connectivity index (χ0v) is 18.2. The van der Waals surface area contributed by atoms with Gasteiger partial charge in [0.05, 0.1) is 11.1 Å². The molecule has 1 spiro atoms. The van der Waals surface area contributed by atoms with Crippen LogP contribution in [-0.2, 0) is 6.42 Å². The molecular weight excluding hydrogens is 408 g/mol. The van der Waals surface area contributed by atoms with E-state index in [-0.39, 0.29) is 0 Å². The zero-order valence-electron chi connectivity index (χ0n) is 18.2. The second kappa shape index (κ2) is 6.66. The summed E-state index contributed by atoms with van der Waals surface area (Å²) in [5, 5.41) is 0. The van der Waals surface area contributed by atoms with Crippen LogP contribution in [0.3, 0.4) is 0 Å². The third-order valence-corrected chi connectivity index (χ3v) is 6.60. The Labute approximate surface area is 192 Å². The highest BCUT2D eigenvalue weighted by molar-refractivity contribution is 5.84. The largest absolute Gasteiger partial charge is 0.714 e. The predicted molar refractivity (Wildman–Crippen MR) is 127 cm³/mol. The first kappa shape index (κ1) is 18.4. The summed E-state index contributed by atoms with van der Waals surface area (Å²) < 4.78 is 18.1. The van der Waals surface area contributed by atoms with Gasteiger partial charge in [-0.2, -0.15) is 0 Å². The van der Waals surface area contributed by atoms with Gasteiger partial charge in [-0.05, 0) is 30.2 Å². The molecule has 0 N–H and O–H groups in total. The average Bonchev–Trinajstić information content (AvgIpc) is 2.88. The molecule has 0 aromatic heterocycles. The molecule has 0 radical (unpaired) electrons. The Balaban J connectivity index is 1.62. The molecule has 0 amide bonds. The number of benzene rings is 4. The minimum Gasteiger partial charge on any atom is -0.340 e. The summed E-state index contributed by atoms with van der Waals surface area (Å²) in [7, 11) is 0. The van der Waals surface area contributed by atoms with Gasteiger partial charge >= 0.3 is 6.03 Å². The maximum atomic E-state index is 6.98. The summed E-state index contributed by atoms with van der Waals surface area (Å²) >= 11 is 0. The van der Waals surface area contributed by atoms with Crippen molar-refractivity contribution in [2.45, 2.75) is 19.4 Å². The van der Waals surface area contributed by atoms with Crippen molar-refractivity contribution in [3.05, 3.63) is 119 Å². The second-order valence-electron chi connectivity index (χ2n) is 8.76. The number of para-hydroxylation sites is 3. The van der Waals surface area contributed by atoms with Crippen LogP contribution in [-0.4, -0.2) is 27.6 Å². The number of hydrogen-bond donors (Lipinski definition) is 0. The highest BCUT2D eigenvalue weighted by Crippen LogP contribution is 2.43. The van der Waals surface area contributed by atoms with Gasteiger partial charge in [0.25, 0.3) is 0 Å². The lowest BCUT2D eigenvalue weighted by Crippen LogP contribution is -2.62. The van der Waals surface area contributed by atoms with Crippen LogP contribution in [0.1, 0.15) is 27.8 Å². The van der Waals surface area contributed by atoms with Gasteiger partial charge in [0.1, 0.15) is 0 Å². The smallest absolute Gasteiger partial charge is 0.340 e. The van der Waals surface area contributed by atoms with E-state index >= 15 is 0 Å². The maximum absolute atomic E-state index is 6.98. The van der Waals surface area contributed by atoms with Gasteiger partial charge < -0.3 is 9.47 Å². The highest BCUT2D eigenvalue weighted by atomic mass is 16.7. The summed E-state index contributed by atoms with van der Waals surface area (Å²) in [6, 6.07) is 30.2. The van der Waals surface area contributed by atoms with E-state index in [1.807, 2.05) is 18.2 Å². The molecule has 4 aromatic carbocycles. The molecule has 0 aliphatic carbocycles. The summed E-state index contributed by atoms with van der Waals surface area (Å²) in [5.74, 6) is 1.70. The van der Waals surface area contributed by atoms with Crippen molar-refractivity contribution in [2.75, 3.05) is 0 Å². The third-order valence-electron chi connectivity index (χ3n) is 6.60. The molecular formula is C29H22N2O2+2. The Morgan fingerprint density at radius 3 is 2.18 bits per heavy atom. The van der Waals surface area contributed by atoms with Gasteiger partial charge in [0.15, 0.2) is 23.9 Å². The highest BCUT2D eigenvalue weighted by Gasteiger charge is 2.66. The van der Waals surface area contributed by atoms with Crippen molar-refractivity contribution < 1.29 is 18.6 Å². The van der Waals surface area contributed by atoms with Crippen LogP contribution in [0.15, 0.2) is 91.0 Å². The molecule has 158 valence electrons. The number of rotatable bonds is 1. The molecule has 3 aliphatic heterocycles. The maximum Gasteiger partial charge on any atom is 0.714 e. The first-order valence-electron chi connectivity index (χ1n) is 11.2. The fraction of sp³-hybridized carbons (Fsp3) is 0.103. The summed E-state index contributed by atoms with van der Waals surface area (Å²) in [5.41, 5.74) is 7.53. The fourth-order valence-corrected chi connectivity index (χ4v) is 5.03. The molecule has 1 unspecified atom stereocenters. The van der Waals surface area contributed by atoms with Crippen molar-refractivity contribution in [2.24, 2.45) is 0 Å². The molecule has 3 aliphatic rings. The molecule has 4 heteroatoms. The number of aryl methyl sites for hydroxylation is 1. The molecule has 3 heterocycles. The van der Waals surface area contributed by atoms with Gasteiger partial charge in [-0.3, -0.25) is 0 Å². The Kier molecular flexibility index (Phi) is 3.71. The van der Waals surface area contributed by atoms with Crippen LogP contribution in [0.4, 0.5) is 11.4 Å². The Morgan fingerprint density at radius 2 is 1.33 bits per heavy atom. The standard InChI is InChI=1S/C29H22N2O2/c1-20-8-5-11-23-18-31-26-15-6-9-21(17-26)16-22-10-7-12-24-19-30(25-13-3-2-4-14-25)29(31,32-27(20)23)33-28(22)24/h2-15,17-19H,16H2,1H3/q+2. The molecule has 0 saturated carbocycles. The lowest BCUT2D eigenvalue weighted by molar-refractivity contribution is -0.855. The van der Waals surface area contributed by atoms with Gasteiger partial charge in [-0.25, -0.2) is 0 Å². The number of ether oxygens (including phenoxy) is 2. The number of nitrogens with zero attached hydrogens (tertiary/aromatic N) is 2. The quantitative estimate of drug-likeness (QED) is 0.371. The molecule has 7 rings (SSSR count). The normalized spacial score (nSPS) is 19.3. The van der Waals surface area contributed by atoms with Crippen LogP contribution in [0.5, 0.6) is 11.5 Å². The van der Waals surface area contributed by atoms with E-state index in [0.717, 1.165) is 51.5 Å². The van der Waals surface area contributed by atoms with Crippen LogP contribution >= 0.6 is 0 Å².